The minimum atomic E-state index is -1.11. The lowest BCUT2D eigenvalue weighted by molar-refractivity contribution is 0.0273. The van der Waals surface area contributed by atoms with E-state index < -0.39 is 11.2 Å². The highest BCUT2D eigenvalue weighted by molar-refractivity contribution is 5.28. The molecular weight excluding hydrogens is 232 g/mol. The summed E-state index contributed by atoms with van der Waals surface area (Å²) in [5, 5.41) is 38.3. The molecule has 0 spiro atoms. The number of rotatable bonds is 0. The summed E-state index contributed by atoms with van der Waals surface area (Å²) in [5.74, 6) is 10.3. The van der Waals surface area contributed by atoms with Gasteiger partial charge in [-0.05, 0) is 25.7 Å². The molecular formula is C14H18O4. The SMILES string of the molecule is OCC#CC1(O)CCC2C1CCC2(O)C#CCO. The molecule has 2 rings (SSSR count). The van der Waals surface area contributed by atoms with Crippen molar-refractivity contribution in [3.63, 3.8) is 0 Å². The van der Waals surface area contributed by atoms with Gasteiger partial charge in [-0.15, -0.1) is 0 Å². The Labute approximate surface area is 107 Å². The van der Waals surface area contributed by atoms with E-state index >= 15 is 0 Å². The highest BCUT2D eigenvalue weighted by Crippen LogP contribution is 2.54. The summed E-state index contributed by atoms with van der Waals surface area (Å²) in [6.07, 6.45) is 2.33. The van der Waals surface area contributed by atoms with E-state index in [0.29, 0.717) is 25.7 Å². The third-order valence-corrected chi connectivity index (χ3v) is 4.15. The van der Waals surface area contributed by atoms with Crippen LogP contribution in [0.2, 0.25) is 0 Å². The third kappa shape index (κ3) is 2.13. The first-order chi connectivity index (χ1) is 8.56. The third-order valence-electron chi connectivity index (χ3n) is 4.15. The van der Waals surface area contributed by atoms with Gasteiger partial charge in [-0.1, -0.05) is 23.7 Å². The molecule has 4 N–H and O–H groups in total. The lowest BCUT2D eigenvalue weighted by Crippen LogP contribution is -2.36. The van der Waals surface area contributed by atoms with E-state index in [1.165, 1.54) is 0 Å². The van der Waals surface area contributed by atoms with E-state index in [2.05, 4.69) is 23.7 Å². The molecule has 0 saturated heterocycles. The smallest absolute Gasteiger partial charge is 0.128 e. The van der Waals surface area contributed by atoms with Gasteiger partial charge in [-0.2, -0.15) is 0 Å². The van der Waals surface area contributed by atoms with Crippen molar-refractivity contribution < 1.29 is 20.4 Å². The summed E-state index contributed by atoms with van der Waals surface area (Å²) in [6, 6.07) is 0. The molecule has 0 aromatic rings. The molecule has 0 radical (unpaired) electrons. The predicted molar refractivity (Wildman–Crippen MR) is 65.1 cm³/mol. The maximum absolute atomic E-state index is 10.5. The Bertz CT molecular complexity index is 396. The molecule has 2 aliphatic carbocycles. The molecule has 0 bridgehead atoms. The van der Waals surface area contributed by atoms with E-state index in [-0.39, 0.29) is 25.0 Å². The van der Waals surface area contributed by atoms with E-state index in [9.17, 15) is 10.2 Å². The van der Waals surface area contributed by atoms with Gasteiger partial charge in [0, 0.05) is 11.8 Å². The van der Waals surface area contributed by atoms with E-state index in [0.717, 1.165) is 0 Å². The van der Waals surface area contributed by atoms with Gasteiger partial charge in [0.25, 0.3) is 0 Å². The van der Waals surface area contributed by atoms with Crippen LogP contribution in [0.15, 0.2) is 0 Å². The zero-order valence-electron chi connectivity index (χ0n) is 10.2. The summed E-state index contributed by atoms with van der Waals surface area (Å²) in [5.41, 5.74) is -2.22. The molecule has 0 aromatic carbocycles. The van der Waals surface area contributed by atoms with E-state index in [1.54, 1.807) is 0 Å². The van der Waals surface area contributed by atoms with E-state index in [1.807, 2.05) is 0 Å². The molecule has 98 valence electrons. The second-order valence-electron chi connectivity index (χ2n) is 5.06. The van der Waals surface area contributed by atoms with Gasteiger partial charge in [-0.3, -0.25) is 0 Å². The number of hydrogen-bond acceptors (Lipinski definition) is 4. The lowest BCUT2D eigenvalue weighted by atomic mass is 9.84. The molecule has 4 nitrogen and oxygen atoms in total. The second kappa shape index (κ2) is 4.91. The summed E-state index contributed by atoms with van der Waals surface area (Å²) in [6.45, 7) is -0.539. The normalized spacial score (nSPS) is 41.6. The van der Waals surface area contributed by atoms with Gasteiger partial charge in [0.05, 0.1) is 0 Å². The Morgan fingerprint density at radius 2 is 1.22 bits per heavy atom. The van der Waals surface area contributed by atoms with Crippen LogP contribution < -0.4 is 0 Å². The Balaban J connectivity index is 2.21. The molecule has 0 aromatic heterocycles. The van der Waals surface area contributed by atoms with Crippen molar-refractivity contribution in [2.45, 2.75) is 36.9 Å². The first-order valence-corrected chi connectivity index (χ1v) is 6.22. The lowest BCUT2D eigenvalue weighted by Gasteiger charge is -2.26. The van der Waals surface area contributed by atoms with E-state index in [4.69, 9.17) is 10.2 Å². The minimum absolute atomic E-state index is 0.102. The van der Waals surface area contributed by atoms with Crippen LogP contribution in [0.4, 0.5) is 0 Å². The first-order valence-electron chi connectivity index (χ1n) is 6.22. The van der Waals surface area contributed by atoms with Gasteiger partial charge >= 0.3 is 0 Å². The Morgan fingerprint density at radius 1 is 0.833 bits per heavy atom. The molecule has 2 fully saturated rings. The number of aliphatic hydroxyl groups is 4. The molecule has 0 aliphatic heterocycles. The summed E-state index contributed by atoms with van der Waals surface area (Å²) < 4.78 is 0. The Hall–Kier alpha value is -1.04. The van der Waals surface area contributed by atoms with Crippen molar-refractivity contribution in [2.24, 2.45) is 11.8 Å². The number of aliphatic hydroxyl groups excluding tert-OH is 2. The highest BCUT2D eigenvalue weighted by Gasteiger charge is 2.58. The van der Waals surface area contributed by atoms with Crippen LogP contribution in [0.3, 0.4) is 0 Å². The number of hydrogen-bond donors (Lipinski definition) is 4. The fourth-order valence-electron chi connectivity index (χ4n) is 3.36. The topological polar surface area (TPSA) is 80.9 Å². The zero-order valence-corrected chi connectivity index (χ0v) is 10.2. The maximum atomic E-state index is 10.5. The Morgan fingerprint density at radius 3 is 1.56 bits per heavy atom. The molecule has 18 heavy (non-hydrogen) atoms. The predicted octanol–water partition coefficient (Wildman–Crippen LogP) is -0.740. The average molecular weight is 250 g/mol. The molecule has 0 heterocycles. The van der Waals surface area contributed by atoms with Crippen molar-refractivity contribution in [1.29, 1.82) is 0 Å². The van der Waals surface area contributed by atoms with Crippen molar-refractivity contribution >= 4 is 0 Å². The summed E-state index contributed by atoms with van der Waals surface area (Å²) >= 11 is 0. The largest absolute Gasteiger partial charge is 0.384 e. The maximum Gasteiger partial charge on any atom is 0.128 e. The van der Waals surface area contributed by atoms with Crippen LogP contribution in [-0.2, 0) is 0 Å². The first kappa shape index (κ1) is 13.4. The summed E-state index contributed by atoms with van der Waals surface area (Å²) in [7, 11) is 0. The summed E-state index contributed by atoms with van der Waals surface area (Å²) in [4.78, 5) is 0. The molecule has 4 atom stereocenters. The van der Waals surface area contributed by atoms with Crippen LogP contribution in [0, 0.1) is 35.5 Å². The molecule has 4 heteroatoms. The molecule has 4 unspecified atom stereocenters. The quantitative estimate of drug-likeness (QED) is 0.427. The van der Waals surface area contributed by atoms with Gasteiger partial charge in [0.1, 0.15) is 24.4 Å². The molecule has 0 amide bonds. The van der Waals surface area contributed by atoms with Crippen molar-refractivity contribution in [2.75, 3.05) is 13.2 Å². The monoisotopic (exact) mass is 250 g/mol. The van der Waals surface area contributed by atoms with Crippen LogP contribution >= 0.6 is 0 Å². The van der Waals surface area contributed by atoms with Gasteiger partial charge in [0.15, 0.2) is 0 Å². The van der Waals surface area contributed by atoms with Gasteiger partial charge in [0.2, 0.25) is 0 Å². The number of fused-ring (bicyclic) bond motifs is 1. The van der Waals surface area contributed by atoms with Crippen molar-refractivity contribution in [3.8, 4) is 23.7 Å². The molecule has 2 aliphatic rings. The fourth-order valence-corrected chi connectivity index (χ4v) is 3.36. The van der Waals surface area contributed by atoms with Crippen LogP contribution in [-0.4, -0.2) is 44.8 Å². The average Bonchev–Trinajstić information content (AvgIpc) is 2.86. The Kier molecular flexibility index (Phi) is 3.66. The van der Waals surface area contributed by atoms with Crippen LogP contribution in [0.1, 0.15) is 25.7 Å². The van der Waals surface area contributed by atoms with Crippen molar-refractivity contribution in [1.82, 2.24) is 0 Å². The second-order valence-corrected chi connectivity index (χ2v) is 5.06. The van der Waals surface area contributed by atoms with Gasteiger partial charge < -0.3 is 20.4 Å². The van der Waals surface area contributed by atoms with Crippen LogP contribution in [0.5, 0.6) is 0 Å². The highest BCUT2D eigenvalue weighted by atomic mass is 16.3. The van der Waals surface area contributed by atoms with Crippen LogP contribution in [0.25, 0.3) is 0 Å². The molecule has 2 saturated carbocycles. The zero-order chi connectivity index (χ0) is 13.2. The van der Waals surface area contributed by atoms with Gasteiger partial charge in [-0.25, -0.2) is 0 Å². The minimum Gasteiger partial charge on any atom is -0.384 e. The standard InChI is InChI=1S/C14H18O4/c15-9-1-5-13(17)7-3-12-11(13)4-8-14(12,18)6-2-10-16/h11-12,15-18H,3-4,7-10H2. The fraction of sp³-hybridized carbons (Fsp3) is 0.714. The van der Waals surface area contributed by atoms with Crippen molar-refractivity contribution in [3.05, 3.63) is 0 Å².